The number of thioether (sulfide) groups is 1. The Hall–Kier alpha value is 0.370. The van der Waals surface area contributed by atoms with Crippen LogP contribution in [-0.2, 0) is 9.09 Å². The molecule has 3 unspecified atom stereocenters. The fourth-order valence-corrected chi connectivity index (χ4v) is 4.62. The first-order valence-electron chi connectivity index (χ1n) is 6.86. The summed E-state index contributed by atoms with van der Waals surface area (Å²) in [5.74, 6) is 0.449. The van der Waals surface area contributed by atoms with Gasteiger partial charge in [0.1, 0.15) is 6.61 Å². The maximum atomic E-state index is 11.8. The van der Waals surface area contributed by atoms with E-state index in [1.807, 2.05) is 11.8 Å². The quantitative estimate of drug-likeness (QED) is 0.719. The Labute approximate surface area is 117 Å². The van der Waals surface area contributed by atoms with E-state index in [2.05, 4.69) is 39.9 Å². The van der Waals surface area contributed by atoms with Crippen molar-refractivity contribution in [3.8, 4) is 0 Å². The molecule has 1 fully saturated rings. The van der Waals surface area contributed by atoms with Crippen LogP contribution in [0.4, 0.5) is 0 Å². The average molecular weight is 292 g/mol. The summed E-state index contributed by atoms with van der Waals surface area (Å²) in [5.41, 5.74) is 0. The highest BCUT2D eigenvalue weighted by Gasteiger charge is 2.41. The lowest BCUT2D eigenvalue weighted by Crippen LogP contribution is -2.38. The Morgan fingerprint density at radius 3 is 2.61 bits per heavy atom. The Morgan fingerprint density at radius 1 is 1.44 bits per heavy atom. The lowest BCUT2D eigenvalue weighted by molar-refractivity contribution is 0.281. The zero-order valence-corrected chi connectivity index (χ0v) is 13.9. The van der Waals surface area contributed by atoms with Crippen LogP contribution in [0, 0.1) is 5.92 Å². The molecule has 0 spiro atoms. The van der Waals surface area contributed by atoms with E-state index in [1.54, 1.807) is 0 Å². The number of nitrogens with one attached hydrogen (secondary N) is 1. The highest BCUT2D eigenvalue weighted by atomic mass is 32.2. The van der Waals surface area contributed by atoms with E-state index in [-0.39, 0.29) is 4.75 Å². The van der Waals surface area contributed by atoms with Crippen molar-refractivity contribution in [3.05, 3.63) is 0 Å². The highest BCUT2D eigenvalue weighted by molar-refractivity contribution is 8.01. The summed E-state index contributed by atoms with van der Waals surface area (Å²) in [5, 5.41) is 4.17. The lowest BCUT2D eigenvalue weighted by Gasteiger charge is -2.23. The van der Waals surface area contributed by atoms with Crippen LogP contribution in [0.15, 0.2) is 0 Å². The molecule has 106 valence electrons. The summed E-state index contributed by atoms with van der Waals surface area (Å²) in [6.07, 6.45) is 2.74. The minimum Gasteiger partial charge on any atom is -0.301 e. The van der Waals surface area contributed by atoms with Crippen LogP contribution in [0.1, 0.15) is 47.5 Å². The summed E-state index contributed by atoms with van der Waals surface area (Å²) < 4.78 is 17.3. The highest BCUT2D eigenvalue weighted by Crippen LogP contribution is 2.41. The Kier molecular flexibility index (Phi) is 6.60. The number of hydrogen-bond donors (Lipinski definition) is 1. The molecule has 5 heteroatoms. The maximum Gasteiger partial charge on any atom is 0.508 e. The summed E-state index contributed by atoms with van der Waals surface area (Å²) >= 11 is 2.00. The summed E-state index contributed by atoms with van der Waals surface area (Å²) in [7, 11) is -1.49. The molecular formula is C13H27NO2PS+. The van der Waals surface area contributed by atoms with Crippen molar-refractivity contribution in [3.63, 3.8) is 0 Å². The second-order valence-corrected chi connectivity index (χ2v) is 9.10. The predicted molar refractivity (Wildman–Crippen MR) is 80.6 cm³/mol. The van der Waals surface area contributed by atoms with Crippen LogP contribution in [0.3, 0.4) is 0 Å². The Morgan fingerprint density at radius 2 is 2.11 bits per heavy atom. The van der Waals surface area contributed by atoms with Gasteiger partial charge in [0.2, 0.25) is 0 Å². The van der Waals surface area contributed by atoms with Gasteiger partial charge in [-0.2, -0.15) is 0 Å². The van der Waals surface area contributed by atoms with E-state index in [1.165, 1.54) is 0 Å². The van der Waals surface area contributed by atoms with Gasteiger partial charge in [0.25, 0.3) is 0 Å². The van der Waals surface area contributed by atoms with Crippen LogP contribution in [0.25, 0.3) is 0 Å². The Balaban J connectivity index is 2.32. The largest absolute Gasteiger partial charge is 0.508 e. The van der Waals surface area contributed by atoms with Crippen LogP contribution in [0.5, 0.6) is 0 Å². The van der Waals surface area contributed by atoms with Crippen LogP contribution in [0.2, 0.25) is 0 Å². The predicted octanol–water partition coefficient (Wildman–Crippen LogP) is 4.01. The fourth-order valence-electron chi connectivity index (χ4n) is 2.07. The fraction of sp³-hybridized carbons (Fsp3) is 1.00. The van der Waals surface area contributed by atoms with Gasteiger partial charge < -0.3 is 5.32 Å². The zero-order valence-electron chi connectivity index (χ0n) is 12.2. The molecule has 1 rings (SSSR count). The van der Waals surface area contributed by atoms with E-state index >= 15 is 0 Å². The van der Waals surface area contributed by atoms with Crippen LogP contribution < -0.4 is 5.32 Å². The molecule has 18 heavy (non-hydrogen) atoms. The molecule has 1 aliphatic rings. The molecule has 0 aromatic carbocycles. The Bertz CT molecular complexity index is 284. The van der Waals surface area contributed by atoms with Crippen molar-refractivity contribution in [2.45, 2.75) is 63.6 Å². The zero-order chi connectivity index (χ0) is 13.8. The summed E-state index contributed by atoms with van der Waals surface area (Å²) in [4.78, 5) is 0. The first kappa shape index (κ1) is 16.4. The van der Waals surface area contributed by atoms with Crippen molar-refractivity contribution in [1.29, 1.82) is 0 Å². The molecular weight excluding hydrogens is 265 g/mol. The van der Waals surface area contributed by atoms with Gasteiger partial charge in [-0.3, -0.25) is 0 Å². The van der Waals surface area contributed by atoms with Gasteiger partial charge in [0.05, 0.1) is 5.37 Å². The molecule has 0 aromatic rings. The van der Waals surface area contributed by atoms with Crippen molar-refractivity contribution in [1.82, 2.24) is 5.32 Å². The van der Waals surface area contributed by atoms with Gasteiger partial charge >= 0.3 is 8.03 Å². The molecule has 0 aliphatic carbocycles. The molecule has 0 aromatic heterocycles. The molecule has 0 radical (unpaired) electrons. The smallest absolute Gasteiger partial charge is 0.301 e. The van der Waals surface area contributed by atoms with Gasteiger partial charge in [-0.05, 0) is 30.8 Å². The number of hydrogen-bond acceptors (Lipinski definition) is 4. The van der Waals surface area contributed by atoms with E-state index < -0.39 is 8.03 Å². The lowest BCUT2D eigenvalue weighted by atomic mass is 10.0. The first-order valence-corrected chi connectivity index (χ1v) is 9.10. The molecule has 0 amide bonds. The average Bonchev–Trinajstić information content (AvgIpc) is 2.58. The van der Waals surface area contributed by atoms with Gasteiger partial charge in [0, 0.05) is 17.2 Å². The van der Waals surface area contributed by atoms with Crippen molar-refractivity contribution in [2.75, 3.05) is 12.8 Å². The minimum atomic E-state index is -1.49. The molecule has 1 saturated heterocycles. The molecule has 3 atom stereocenters. The van der Waals surface area contributed by atoms with Gasteiger partial charge in [-0.15, -0.1) is 16.3 Å². The van der Waals surface area contributed by atoms with E-state index in [9.17, 15) is 4.57 Å². The normalized spacial score (nSPS) is 27.8. The molecule has 0 saturated carbocycles. The molecule has 1 aliphatic heterocycles. The monoisotopic (exact) mass is 292 g/mol. The molecule has 3 nitrogen and oxygen atoms in total. The third-order valence-corrected chi connectivity index (χ3v) is 5.90. The summed E-state index contributed by atoms with van der Waals surface area (Å²) in [6.45, 7) is 11.5. The van der Waals surface area contributed by atoms with Crippen molar-refractivity contribution < 1.29 is 9.09 Å². The van der Waals surface area contributed by atoms with Gasteiger partial charge in [-0.25, -0.2) is 0 Å². The molecule has 1 heterocycles. The van der Waals surface area contributed by atoms with Crippen LogP contribution >= 0.6 is 19.8 Å². The number of rotatable bonds is 7. The van der Waals surface area contributed by atoms with Crippen molar-refractivity contribution >= 4 is 19.8 Å². The van der Waals surface area contributed by atoms with Crippen LogP contribution in [-0.4, -0.2) is 28.9 Å². The van der Waals surface area contributed by atoms with E-state index in [0.29, 0.717) is 30.1 Å². The third-order valence-electron chi connectivity index (χ3n) is 3.20. The first-order chi connectivity index (χ1) is 8.35. The second kappa shape index (κ2) is 7.23. The second-order valence-electron chi connectivity index (χ2n) is 5.87. The summed E-state index contributed by atoms with van der Waals surface area (Å²) in [6, 6.07) is 0.439. The third kappa shape index (κ3) is 5.16. The van der Waals surface area contributed by atoms with Crippen molar-refractivity contribution in [2.24, 2.45) is 5.92 Å². The van der Waals surface area contributed by atoms with Gasteiger partial charge in [0.15, 0.2) is 6.16 Å². The standard InChI is InChI=1S/C13H27NO2PS/c1-6-12-14-11(13(4,5)18-12)7-8-17(15)16-9-10(2)3/h10-12,14H,6-9H2,1-5H3/q+1. The minimum absolute atomic E-state index is 0.231. The van der Waals surface area contributed by atoms with E-state index in [0.717, 1.165) is 12.8 Å². The SMILES string of the molecule is CCC1NC(CC[P+](=O)OCC(C)C)C(C)(C)S1. The van der Waals surface area contributed by atoms with E-state index in [4.69, 9.17) is 4.52 Å². The topological polar surface area (TPSA) is 38.3 Å². The van der Waals surface area contributed by atoms with Gasteiger partial charge in [-0.1, -0.05) is 20.8 Å². The maximum absolute atomic E-state index is 11.8. The molecule has 0 bridgehead atoms. The molecule has 1 N–H and O–H groups in total.